The molecule has 0 amide bonds. The summed E-state index contributed by atoms with van der Waals surface area (Å²) in [5.74, 6) is -3.67. The van der Waals surface area contributed by atoms with Gasteiger partial charge in [-0.05, 0) is 93.4 Å². The van der Waals surface area contributed by atoms with E-state index in [0.717, 1.165) is 38.5 Å². The lowest BCUT2D eigenvalue weighted by atomic mass is 9.49. The molecule has 4 aliphatic rings. The van der Waals surface area contributed by atoms with E-state index in [4.69, 9.17) is 4.74 Å². The fourth-order valence-corrected chi connectivity index (χ4v) is 9.27. The molecule has 0 aromatic heterocycles. The Morgan fingerprint density at radius 3 is 1.73 bits per heavy atom. The molecule has 4 saturated carbocycles. The first-order valence-corrected chi connectivity index (χ1v) is 17.0. The smallest absolute Gasteiger partial charge is 0.396 e. The number of esters is 1. The summed E-state index contributed by atoms with van der Waals surface area (Å²) in [6, 6.07) is 21.4. The molecule has 5 nitrogen and oxygen atoms in total. The van der Waals surface area contributed by atoms with E-state index in [1.54, 1.807) is 0 Å². The summed E-state index contributed by atoms with van der Waals surface area (Å²) in [6.07, 6.45) is 3.76. The van der Waals surface area contributed by atoms with Crippen molar-refractivity contribution in [1.82, 2.24) is 0 Å². The van der Waals surface area contributed by atoms with Crippen LogP contribution in [0.2, 0.25) is 0 Å². The second kappa shape index (κ2) is 12.6. The molecule has 0 unspecified atom stereocenters. The van der Waals surface area contributed by atoms with Crippen molar-refractivity contribution in [2.75, 3.05) is 6.61 Å². The van der Waals surface area contributed by atoms with E-state index >= 15 is 0 Å². The van der Waals surface area contributed by atoms with Gasteiger partial charge in [0.2, 0.25) is 0 Å². The summed E-state index contributed by atoms with van der Waals surface area (Å²) in [5, 5.41) is -5.66. The van der Waals surface area contributed by atoms with Gasteiger partial charge in [-0.1, -0.05) is 36.4 Å². The van der Waals surface area contributed by atoms with Gasteiger partial charge < -0.3 is 9.29 Å². The monoisotopic (exact) mass is 696 g/mol. The third-order valence-corrected chi connectivity index (χ3v) is 11.6. The van der Waals surface area contributed by atoms with Gasteiger partial charge in [-0.2, -0.15) is 17.6 Å². The Balaban J connectivity index is 0.000000236. The van der Waals surface area contributed by atoms with Crippen molar-refractivity contribution >= 4 is 16.1 Å². The quantitative estimate of drug-likeness (QED) is 0.125. The zero-order chi connectivity index (χ0) is 29.0. The summed E-state index contributed by atoms with van der Waals surface area (Å²) in [7, 11) is -6.46. The van der Waals surface area contributed by atoms with Gasteiger partial charge in [0.05, 0.1) is 12.0 Å². The molecule has 4 fully saturated rings. The van der Waals surface area contributed by atoms with Crippen LogP contribution in [0.3, 0.4) is 0 Å². The number of unbranched alkanes of at least 4 members (excludes halogenated alkanes) is 1. The number of carbonyl (C=O) groups excluding carboxylic acids is 1. The maximum Gasteiger partial charge on any atom is 0.396 e. The third-order valence-electron chi connectivity index (χ3n) is 8.01. The Bertz CT molecular complexity index is 1170. The minimum Gasteiger partial charge on any atom is -0.743 e. The lowest BCUT2D eigenvalue weighted by Crippen LogP contribution is -3.61. The number of benzene rings is 2. The molecule has 40 heavy (non-hydrogen) atoms. The topological polar surface area (TPSA) is 83.5 Å². The van der Waals surface area contributed by atoms with E-state index in [1.165, 1.54) is 7.14 Å². The maximum atomic E-state index is 13.4. The number of carbonyl (C=O) groups is 1. The molecule has 2 aromatic rings. The lowest BCUT2D eigenvalue weighted by molar-refractivity contribution is -0.597. The number of halogens is 5. The molecule has 4 bridgehead atoms. The zero-order valence-electron chi connectivity index (χ0n) is 21.9. The second-order valence-corrected chi connectivity index (χ2v) is 15.6. The molecule has 6 rings (SSSR count). The molecule has 4 aliphatic carbocycles. The molecular weight excluding hydrogens is 663 g/mol. The molecule has 0 saturated heterocycles. The summed E-state index contributed by atoms with van der Waals surface area (Å²) in [5.41, 5.74) is -0.484. The normalized spacial score (nSPS) is 25.7. The number of ether oxygens (including phenoxy) is 1. The summed E-state index contributed by atoms with van der Waals surface area (Å²) in [6.45, 7) is -0.188. The highest BCUT2D eigenvalue weighted by molar-refractivity contribution is 7.86. The van der Waals surface area contributed by atoms with Crippen LogP contribution >= 0.6 is 0 Å². The van der Waals surface area contributed by atoms with Gasteiger partial charge in [0.1, 0.15) is 0 Å². The van der Waals surface area contributed by atoms with Crippen LogP contribution in [0.15, 0.2) is 60.7 Å². The molecule has 0 spiro atoms. The van der Waals surface area contributed by atoms with Gasteiger partial charge in [0.15, 0.2) is 17.3 Å². The van der Waals surface area contributed by atoms with Gasteiger partial charge in [-0.25, -0.2) is 8.42 Å². The first kappa shape index (κ1) is 31.2. The Kier molecular flexibility index (Phi) is 9.87. The third kappa shape index (κ3) is 7.36. The van der Waals surface area contributed by atoms with Crippen molar-refractivity contribution < 1.29 is 61.3 Å². The van der Waals surface area contributed by atoms with E-state index in [0.29, 0.717) is 17.8 Å². The van der Waals surface area contributed by atoms with Crippen LogP contribution < -0.4 is 21.2 Å². The van der Waals surface area contributed by atoms with Crippen LogP contribution in [-0.4, -0.2) is 36.7 Å². The largest absolute Gasteiger partial charge is 0.743 e. The molecular formula is C29H33F4IO5S. The predicted molar refractivity (Wildman–Crippen MR) is 135 cm³/mol. The van der Waals surface area contributed by atoms with Gasteiger partial charge >= 0.3 is 38.4 Å². The van der Waals surface area contributed by atoms with E-state index in [-0.39, 0.29) is 40.2 Å². The number of alkyl halides is 4. The van der Waals surface area contributed by atoms with Gasteiger partial charge in [0, 0.05) is 6.42 Å². The van der Waals surface area contributed by atoms with Crippen molar-refractivity contribution in [2.45, 2.75) is 69.0 Å². The Morgan fingerprint density at radius 1 is 0.850 bits per heavy atom. The van der Waals surface area contributed by atoms with Crippen molar-refractivity contribution in [2.24, 2.45) is 23.2 Å². The predicted octanol–water partition coefficient (Wildman–Crippen LogP) is 3.50. The molecule has 0 heterocycles. The Hall–Kier alpha value is -1.73. The Labute approximate surface area is 243 Å². The maximum absolute atomic E-state index is 13.4. The van der Waals surface area contributed by atoms with Gasteiger partial charge in [-0.3, -0.25) is 4.79 Å². The van der Waals surface area contributed by atoms with Crippen molar-refractivity contribution in [3.63, 3.8) is 0 Å². The highest BCUT2D eigenvalue weighted by Gasteiger charge is 2.61. The fourth-order valence-electron chi connectivity index (χ4n) is 6.54. The van der Waals surface area contributed by atoms with Crippen LogP contribution in [0.5, 0.6) is 0 Å². The van der Waals surface area contributed by atoms with Crippen molar-refractivity contribution in [3.05, 3.63) is 67.8 Å². The Morgan fingerprint density at radius 2 is 1.30 bits per heavy atom. The van der Waals surface area contributed by atoms with Crippen molar-refractivity contribution in [3.8, 4) is 0 Å². The molecule has 0 N–H and O–H groups in total. The molecule has 2 aromatic carbocycles. The fraction of sp³-hybridized carbons (Fsp3) is 0.552. The summed E-state index contributed by atoms with van der Waals surface area (Å²) in [4.78, 5) is 12.5. The number of hydrogen-bond donors (Lipinski definition) is 0. The minimum atomic E-state index is -6.46. The highest BCUT2D eigenvalue weighted by Crippen LogP contribution is 2.60. The lowest BCUT2D eigenvalue weighted by Gasteiger charge is -2.55. The van der Waals surface area contributed by atoms with Crippen molar-refractivity contribution in [1.29, 1.82) is 0 Å². The molecule has 0 atom stereocenters. The van der Waals surface area contributed by atoms with Crippen LogP contribution in [0.25, 0.3) is 0 Å². The van der Waals surface area contributed by atoms with E-state index in [1.807, 2.05) is 0 Å². The average molecular weight is 697 g/mol. The van der Waals surface area contributed by atoms with E-state index < -0.39 is 39.6 Å². The second-order valence-electron chi connectivity index (χ2n) is 11.2. The first-order valence-electron chi connectivity index (χ1n) is 13.4. The van der Waals surface area contributed by atoms with E-state index in [2.05, 4.69) is 60.7 Å². The molecule has 0 radical (unpaired) electrons. The van der Waals surface area contributed by atoms with Gasteiger partial charge in [-0.15, -0.1) is 0 Å². The van der Waals surface area contributed by atoms with Gasteiger partial charge in [0.25, 0.3) is 0 Å². The first-order chi connectivity index (χ1) is 18.8. The highest BCUT2D eigenvalue weighted by atomic mass is 127. The molecule has 11 heteroatoms. The summed E-state index contributed by atoms with van der Waals surface area (Å²) >= 11 is 0.0287. The van der Waals surface area contributed by atoms with Crippen LogP contribution in [-0.2, 0) is 19.6 Å². The van der Waals surface area contributed by atoms with Crippen LogP contribution in [0.1, 0.15) is 57.8 Å². The zero-order valence-corrected chi connectivity index (χ0v) is 24.9. The minimum absolute atomic E-state index is 0.0287. The van der Waals surface area contributed by atoms with E-state index in [9.17, 15) is 35.3 Å². The summed E-state index contributed by atoms with van der Waals surface area (Å²) < 4.78 is 92.0. The standard InChI is InChI=1S/C17H24F4O5S.C12H10I/c18-16(19,17(20,21)27(23,24)25)3-1-2-4-26-14(22)15-8-11-5-12(9-15)7-13(6-11)10-15;1-3-7-11(8-4-1)13-12-9-5-2-6-10-12/h11-13H,1-10H2,(H,23,24,25);1-10H/q;+1/p-1. The molecule has 220 valence electrons. The average Bonchev–Trinajstić information content (AvgIpc) is 2.88. The number of hydrogen-bond acceptors (Lipinski definition) is 5. The SMILES string of the molecule is O=C(OCCCCC(F)(F)C(F)(F)S(=O)(=O)[O-])C12CC3CC(CC(C3)C1)C2.c1ccc([I+]c2ccccc2)cc1. The van der Waals surface area contributed by atoms with Crippen LogP contribution in [0, 0.1) is 30.3 Å². The van der Waals surface area contributed by atoms with Crippen LogP contribution in [0.4, 0.5) is 17.6 Å². The molecule has 0 aliphatic heterocycles. The number of rotatable bonds is 10.